The molecule has 7 nitrogen and oxygen atoms in total. The predicted molar refractivity (Wildman–Crippen MR) is 138 cm³/mol. The van der Waals surface area contributed by atoms with Gasteiger partial charge in [-0.1, -0.05) is 53.5 Å². The van der Waals surface area contributed by atoms with E-state index < -0.39 is 0 Å². The Morgan fingerprint density at radius 1 is 0.943 bits per heavy atom. The van der Waals surface area contributed by atoms with Crippen LogP contribution in [0.25, 0.3) is 0 Å². The molecule has 1 aliphatic rings. The van der Waals surface area contributed by atoms with Crippen LogP contribution in [0.3, 0.4) is 0 Å². The normalized spacial score (nSPS) is 14.1. The number of carbonyl (C=O) groups is 2. The fourth-order valence-electron chi connectivity index (χ4n) is 4.01. The van der Waals surface area contributed by atoms with E-state index in [0.717, 1.165) is 19.6 Å². The summed E-state index contributed by atoms with van der Waals surface area (Å²) in [6, 6.07) is 18.4. The monoisotopic (exact) mass is 514 g/mol. The van der Waals surface area contributed by atoms with Gasteiger partial charge in [-0.2, -0.15) is 0 Å². The zero-order chi connectivity index (χ0) is 24.6. The Morgan fingerprint density at radius 3 is 2.40 bits per heavy atom. The molecule has 0 atom stereocenters. The van der Waals surface area contributed by atoms with Crippen LogP contribution < -0.4 is 5.32 Å². The fraction of sp³-hybridized carbons (Fsp3) is 0.308. The molecule has 9 heteroatoms. The van der Waals surface area contributed by atoms with Crippen molar-refractivity contribution in [2.45, 2.75) is 19.5 Å². The lowest BCUT2D eigenvalue weighted by Gasteiger charge is -2.35. The van der Waals surface area contributed by atoms with Gasteiger partial charge in [-0.15, -0.1) is 0 Å². The van der Waals surface area contributed by atoms with E-state index in [2.05, 4.69) is 22.3 Å². The molecule has 0 bridgehead atoms. The number of hydrogen-bond acceptors (Lipinski definition) is 4. The Balaban J connectivity index is 1.31. The third-order valence-electron chi connectivity index (χ3n) is 5.95. The Labute approximate surface area is 215 Å². The largest absolute Gasteiger partial charge is 0.467 e. The molecular weight excluding hydrogens is 487 g/mol. The number of carbonyl (C=O) groups excluding carboxylic acids is 2. The van der Waals surface area contributed by atoms with Crippen LogP contribution >= 0.6 is 23.2 Å². The molecule has 1 aromatic heterocycles. The summed E-state index contributed by atoms with van der Waals surface area (Å²) in [4.78, 5) is 31.7. The Hall–Kier alpha value is -3.00. The summed E-state index contributed by atoms with van der Waals surface area (Å²) in [5, 5.41) is 3.58. The minimum absolute atomic E-state index is 0.0381. The molecule has 0 unspecified atom stereocenters. The Bertz CT molecular complexity index is 1120. The van der Waals surface area contributed by atoms with Crippen molar-refractivity contribution in [1.29, 1.82) is 0 Å². The van der Waals surface area contributed by atoms with Gasteiger partial charge in [0.25, 0.3) is 0 Å². The van der Waals surface area contributed by atoms with Gasteiger partial charge in [-0.05, 0) is 35.9 Å². The third kappa shape index (κ3) is 7.24. The minimum atomic E-state index is -0.347. The highest BCUT2D eigenvalue weighted by Crippen LogP contribution is 2.25. The van der Waals surface area contributed by atoms with Crippen molar-refractivity contribution in [2.75, 3.05) is 38.0 Å². The number of anilines is 1. The molecule has 0 aliphatic carbocycles. The number of nitrogens with one attached hydrogen (secondary N) is 1. The van der Waals surface area contributed by atoms with Crippen molar-refractivity contribution in [3.8, 4) is 0 Å². The lowest BCUT2D eigenvalue weighted by Crippen LogP contribution is -2.49. The molecule has 1 aliphatic heterocycles. The highest BCUT2D eigenvalue weighted by atomic mass is 35.5. The average molecular weight is 515 g/mol. The van der Waals surface area contributed by atoms with Crippen LogP contribution in [0, 0.1) is 0 Å². The van der Waals surface area contributed by atoms with Gasteiger partial charge in [0.1, 0.15) is 5.76 Å². The van der Waals surface area contributed by atoms with Crippen molar-refractivity contribution >= 4 is 40.8 Å². The lowest BCUT2D eigenvalue weighted by atomic mass is 10.2. The van der Waals surface area contributed by atoms with Crippen LogP contribution in [0.15, 0.2) is 71.3 Å². The maximum atomic E-state index is 13.0. The van der Waals surface area contributed by atoms with Crippen molar-refractivity contribution in [1.82, 2.24) is 14.7 Å². The van der Waals surface area contributed by atoms with Crippen LogP contribution in [-0.4, -0.2) is 59.4 Å². The molecule has 0 saturated carbocycles. The predicted octanol–water partition coefficient (Wildman–Crippen LogP) is 5.36. The quantitative estimate of drug-likeness (QED) is 0.439. The molecule has 1 fully saturated rings. The topological polar surface area (TPSA) is 69.0 Å². The summed E-state index contributed by atoms with van der Waals surface area (Å²) >= 11 is 12.0. The van der Waals surface area contributed by atoms with E-state index in [1.165, 1.54) is 5.56 Å². The van der Waals surface area contributed by atoms with Gasteiger partial charge in [0.15, 0.2) is 0 Å². The van der Waals surface area contributed by atoms with E-state index in [9.17, 15) is 9.59 Å². The van der Waals surface area contributed by atoms with Crippen LogP contribution in [0.1, 0.15) is 17.7 Å². The Morgan fingerprint density at radius 2 is 1.71 bits per heavy atom. The SMILES string of the molecule is O=C(CCN(Cc1ccco1)C(=O)Nc1ccc(Cl)c(Cl)c1)N1CCN(Cc2ccccc2)CC1. The number of amides is 3. The average Bonchev–Trinajstić information content (AvgIpc) is 3.38. The van der Waals surface area contributed by atoms with Gasteiger partial charge in [0, 0.05) is 51.4 Å². The molecule has 3 aromatic rings. The Kier molecular flexibility index (Phi) is 8.69. The first-order valence-electron chi connectivity index (χ1n) is 11.6. The maximum Gasteiger partial charge on any atom is 0.322 e. The first-order valence-corrected chi connectivity index (χ1v) is 12.3. The molecule has 35 heavy (non-hydrogen) atoms. The highest BCUT2D eigenvalue weighted by molar-refractivity contribution is 6.42. The second-order valence-electron chi connectivity index (χ2n) is 8.45. The fourth-order valence-corrected chi connectivity index (χ4v) is 4.30. The molecule has 2 aromatic carbocycles. The summed E-state index contributed by atoms with van der Waals surface area (Å²) in [5.74, 6) is 0.674. The summed E-state index contributed by atoms with van der Waals surface area (Å²) in [7, 11) is 0. The van der Waals surface area contributed by atoms with Gasteiger partial charge < -0.3 is 19.5 Å². The standard InChI is InChI=1S/C26H28Cl2N4O3/c27-23-9-8-21(17-24(23)28)29-26(34)32(19-22-7-4-16-35-22)11-10-25(33)31-14-12-30(13-15-31)18-20-5-2-1-3-6-20/h1-9,16-17H,10-15,18-19H2,(H,29,34). The molecule has 3 amide bonds. The molecular formula is C26H28Cl2N4O3. The lowest BCUT2D eigenvalue weighted by molar-refractivity contribution is -0.133. The zero-order valence-corrected chi connectivity index (χ0v) is 20.8. The molecule has 1 saturated heterocycles. The number of halogens is 2. The number of urea groups is 1. The number of piperazine rings is 1. The van der Waals surface area contributed by atoms with Crippen LogP contribution in [0.2, 0.25) is 10.0 Å². The smallest absolute Gasteiger partial charge is 0.322 e. The summed E-state index contributed by atoms with van der Waals surface area (Å²) < 4.78 is 5.42. The first kappa shape index (κ1) is 25.1. The van der Waals surface area contributed by atoms with Gasteiger partial charge in [-0.3, -0.25) is 9.69 Å². The van der Waals surface area contributed by atoms with E-state index in [1.54, 1.807) is 41.5 Å². The van der Waals surface area contributed by atoms with Crippen LogP contribution in [0.4, 0.5) is 10.5 Å². The second kappa shape index (κ2) is 12.1. The van der Waals surface area contributed by atoms with Crippen molar-refractivity contribution in [3.05, 3.63) is 88.3 Å². The second-order valence-corrected chi connectivity index (χ2v) is 9.27. The van der Waals surface area contributed by atoms with E-state index in [-0.39, 0.29) is 31.4 Å². The molecule has 2 heterocycles. The highest BCUT2D eigenvalue weighted by Gasteiger charge is 2.23. The summed E-state index contributed by atoms with van der Waals surface area (Å²) in [6.45, 7) is 4.41. The number of benzene rings is 2. The molecule has 184 valence electrons. The van der Waals surface area contributed by atoms with E-state index in [4.69, 9.17) is 27.6 Å². The number of rotatable bonds is 8. The first-order chi connectivity index (χ1) is 17.0. The third-order valence-corrected chi connectivity index (χ3v) is 6.69. The number of nitrogens with zero attached hydrogens (tertiary/aromatic N) is 3. The van der Waals surface area contributed by atoms with Crippen molar-refractivity contribution in [2.24, 2.45) is 0 Å². The zero-order valence-electron chi connectivity index (χ0n) is 19.3. The van der Waals surface area contributed by atoms with E-state index >= 15 is 0 Å². The molecule has 0 spiro atoms. The number of hydrogen-bond donors (Lipinski definition) is 1. The van der Waals surface area contributed by atoms with E-state index in [1.807, 2.05) is 23.1 Å². The molecule has 4 rings (SSSR count). The van der Waals surface area contributed by atoms with Crippen molar-refractivity contribution < 1.29 is 14.0 Å². The maximum absolute atomic E-state index is 13.0. The van der Waals surface area contributed by atoms with Crippen LogP contribution in [0.5, 0.6) is 0 Å². The summed E-state index contributed by atoms with van der Waals surface area (Å²) in [6.07, 6.45) is 1.79. The van der Waals surface area contributed by atoms with Gasteiger partial charge >= 0.3 is 6.03 Å². The minimum Gasteiger partial charge on any atom is -0.467 e. The van der Waals surface area contributed by atoms with Crippen molar-refractivity contribution in [3.63, 3.8) is 0 Å². The molecule has 1 N–H and O–H groups in total. The van der Waals surface area contributed by atoms with E-state index in [0.29, 0.717) is 34.6 Å². The van der Waals surface area contributed by atoms with Gasteiger partial charge in [0.05, 0.1) is 22.9 Å². The van der Waals surface area contributed by atoms with Gasteiger partial charge in [-0.25, -0.2) is 4.79 Å². The van der Waals surface area contributed by atoms with Gasteiger partial charge in [0.2, 0.25) is 5.91 Å². The van der Waals surface area contributed by atoms with Crippen LogP contribution in [-0.2, 0) is 17.9 Å². The number of furan rings is 1. The summed E-state index contributed by atoms with van der Waals surface area (Å²) in [5.41, 5.74) is 1.79. The molecule has 0 radical (unpaired) electrons.